The molecule has 3 rings (SSSR count). The van der Waals surface area contributed by atoms with Crippen LogP contribution >= 0.6 is 22.9 Å². The Bertz CT molecular complexity index is 670. The van der Waals surface area contributed by atoms with E-state index in [1.165, 1.54) is 10.4 Å². The van der Waals surface area contributed by atoms with Gasteiger partial charge in [-0.1, -0.05) is 36.7 Å². The number of benzene rings is 1. The van der Waals surface area contributed by atoms with E-state index in [1.807, 2.05) is 29.2 Å². The number of carbonyl (C=O) groups is 1. The number of nitrogens with zero attached hydrogens (tertiary/aromatic N) is 1. The molecule has 1 N–H and O–H groups in total. The number of halogens is 1. The molecule has 1 aromatic heterocycles. The Hall–Kier alpha value is -1.36. The second kappa shape index (κ2) is 5.79. The Morgan fingerprint density at radius 2 is 2.14 bits per heavy atom. The van der Waals surface area contributed by atoms with E-state index in [1.54, 1.807) is 11.3 Å². The van der Waals surface area contributed by atoms with Gasteiger partial charge in [0.15, 0.2) is 0 Å². The quantitative estimate of drug-likeness (QED) is 0.929. The van der Waals surface area contributed by atoms with Crippen LogP contribution < -0.4 is 0 Å². The molecule has 1 aliphatic heterocycles. The predicted octanol–water partition coefficient (Wildman–Crippen LogP) is 3.99. The van der Waals surface area contributed by atoms with Gasteiger partial charge in [-0.2, -0.15) is 0 Å². The van der Waals surface area contributed by atoms with Crippen molar-refractivity contribution in [2.24, 2.45) is 0 Å². The van der Waals surface area contributed by atoms with Gasteiger partial charge in [0, 0.05) is 22.4 Å². The molecular formula is C16H16ClNO2S. The molecule has 0 saturated heterocycles. The summed E-state index contributed by atoms with van der Waals surface area (Å²) in [7, 11) is 0. The van der Waals surface area contributed by atoms with Gasteiger partial charge in [0.1, 0.15) is 0 Å². The summed E-state index contributed by atoms with van der Waals surface area (Å²) < 4.78 is 0. The first-order chi connectivity index (χ1) is 10.1. The Morgan fingerprint density at radius 1 is 1.38 bits per heavy atom. The first-order valence-corrected chi connectivity index (χ1v) is 8.11. The van der Waals surface area contributed by atoms with E-state index in [0.717, 1.165) is 12.1 Å². The van der Waals surface area contributed by atoms with E-state index in [-0.39, 0.29) is 12.6 Å². The molecule has 0 bridgehead atoms. The molecule has 110 valence electrons. The van der Waals surface area contributed by atoms with Crippen LogP contribution in [0.5, 0.6) is 0 Å². The lowest BCUT2D eigenvalue weighted by Crippen LogP contribution is -2.40. The third-order valence-corrected chi connectivity index (χ3v) is 5.39. The molecule has 2 aromatic rings. The zero-order valence-corrected chi connectivity index (χ0v) is 13.2. The summed E-state index contributed by atoms with van der Waals surface area (Å²) in [4.78, 5) is 14.6. The minimum absolute atomic E-state index is 0.0233. The predicted molar refractivity (Wildman–Crippen MR) is 85.2 cm³/mol. The molecule has 2 heterocycles. The molecule has 3 nitrogen and oxygen atoms in total. The number of hydrogen-bond acceptors (Lipinski definition) is 3. The molecule has 1 unspecified atom stereocenters. The van der Waals surface area contributed by atoms with Gasteiger partial charge in [-0.25, -0.2) is 0 Å². The van der Waals surface area contributed by atoms with Crippen LogP contribution in [0.2, 0.25) is 5.02 Å². The lowest BCUT2D eigenvalue weighted by atomic mass is 9.89. The molecule has 1 aromatic carbocycles. The molecule has 0 spiro atoms. The molecular weight excluding hydrogens is 306 g/mol. The van der Waals surface area contributed by atoms with E-state index < -0.39 is 5.97 Å². The highest BCUT2D eigenvalue weighted by molar-refractivity contribution is 7.10. The van der Waals surface area contributed by atoms with Crippen LogP contribution in [-0.4, -0.2) is 29.1 Å². The van der Waals surface area contributed by atoms with Crippen molar-refractivity contribution in [3.05, 3.63) is 56.7 Å². The summed E-state index contributed by atoms with van der Waals surface area (Å²) >= 11 is 8.10. The fourth-order valence-corrected chi connectivity index (χ4v) is 4.31. The van der Waals surface area contributed by atoms with E-state index in [2.05, 4.69) is 18.4 Å². The third kappa shape index (κ3) is 2.71. The molecule has 0 amide bonds. The summed E-state index contributed by atoms with van der Waals surface area (Å²) in [5.74, 6) is -0.462. The monoisotopic (exact) mass is 321 g/mol. The van der Waals surface area contributed by atoms with Crippen molar-refractivity contribution in [2.45, 2.75) is 18.9 Å². The average molecular weight is 322 g/mol. The van der Waals surface area contributed by atoms with E-state index in [9.17, 15) is 9.90 Å². The van der Waals surface area contributed by atoms with Gasteiger partial charge in [-0.05, 0) is 28.6 Å². The van der Waals surface area contributed by atoms with Crippen LogP contribution in [0, 0.1) is 0 Å². The second-order valence-electron chi connectivity index (χ2n) is 5.39. The third-order valence-electron chi connectivity index (χ3n) is 3.88. The fraction of sp³-hybridized carbons (Fsp3) is 0.312. The number of carboxylic acid groups (broad SMARTS) is 1. The first-order valence-electron chi connectivity index (χ1n) is 6.85. The number of thiophene rings is 1. The van der Waals surface area contributed by atoms with Crippen molar-refractivity contribution < 1.29 is 9.90 Å². The van der Waals surface area contributed by atoms with Crippen LogP contribution in [-0.2, 0) is 4.79 Å². The molecule has 0 aliphatic carbocycles. The van der Waals surface area contributed by atoms with Gasteiger partial charge in [0.05, 0.1) is 12.6 Å². The maximum absolute atomic E-state index is 11.2. The minimum atomic E-state index is -0.807. The fourth-order valence-electron chi connectivity index (χ4n) is 3.08. The maximum Gasteiger partial charge on any atom is 0.317 e. The van der Waals surface area contributed by atoms with Crippen molar-refractivity contribution >= 4 is 28.9 Å². The molecule has 2 atom stereocenters. The van der Waals surface area contributed by atoms with Gasteiger partial charge in [-0.15, -0.1) is 11.3 Å². The van der Waals surface area contributed by atoms with Crippen LogP contribution in [0.15, 0.2) is 35.7 Å². The van der Waals surface area contributed by atoms with Crippen molar-refractivity contribution in [2.75, 3.05) is 13.1 Å². The van der Waals surface area contributed by atoms with Crippen molar-refractivity contribution in [1.82, 2.24) is 4.90 Å². The van der Waals surface area contributed by atoms with Gasteiger partial charge in [0.25, 0.3) is 0 Å². The van der Waals surface area contributed by atoms with Crippen molar-refractivity contribution in [3.63, 3.8) is 0 Å². The van der Waals surface area contributed by atoms with Gasteiger partial charge in [0.2, 0.25) is 0 Å². The molecule has 0 fully saturated rings. The molecule has 0 radical (unpaired) electrons. The summed E-state index contributed by atoms with van der Waals surface area (Å²) in [5.41, 5.74) is 2.17. The highest BCUT2D eigenvalue weighted by Gasteiger charge is 2.35. The van der Waals surface area contributed by atoms with E-state index in [0.29, 0.717) is 10.9 Å². The number of carboxylic acids is 1. The van der Waals surface area contributed by atoms with Gasteiger partial charge >= 0.3 is 5.97 Å². The first kappa shape index (κ1) is 14.6. The second-order valence-corrected chi connectivity index (χ2v) is 6.74. The molecule has 21 heavy (non-hydrogen) atoms. The topological polar surface area (TPSA) is 40.5 Å². The normalized spacial score (nSPS) is 22.0. The Morgan fingerprint density at radius 3 is 2.86 bits per heavy atom. The van der Waals surface area contributed by atoms with Gasteiger partial charge < -0.3 is 5.11 Å². The van der Waals surface area contributed by atoms with Gasteiger partial charge in [-0.3, -0.25) is 9.69 Å². The van der Waals surface area contributed by atoms with Crippen LogP contribution in [0.4, 0.5) is 0 Å². The SMILES string of the molecule is CC1CN(CC(=O)O)[C@@H](c2ccccc2Cl)c2ccsc21. The summed E-state index contributed by atoms with van der Waals surface area (Å²) in [5, 5.41) is 12.0. The summed E-state index contributed by atoms with van der Waals surface area (Å²) in [6.07, 6.45) is 0. The summed E-state index contributed by atoms with van der Waals surface area (Å²) in [6.45, 7) is 2.90. The average Bonchev–Trinajstić information content (AvgIpc) is 2.89. The highest BCUT2D eigenvalue weighted by Crippen LogP contribution is 2.43. The zero-order chi connectivity index (χ0) is 15.0. The van der Waals surface area contributed by atoms with Crippen LogP contribution in [0.3, 0.4) is 0 Å². The van der Waals surface area contributed by atoms with Crippen molar-refractivity contribution in [3.8, 4) is 0 Å². The van der Waals surface area contributed by atoms with Crippen LogP contribution in [0.25, 0.3) is 0 Å². The lowest BCUT2D eigenvalue weighted by molar-refractivity contribution is -0.138. The highest BCUT2D eigenvalue weighted by atomic mass is 35.5. The maximum atomic E-state index is 11.2. The lowest BCUT2D eigenvalue weighted by Gasteiger charge is -2.38. The summed E-state index contributed by atoms with van der Waals surface area (Å²) in [6, 6.07) is 9.71. The Kier molecular flexibility index (Phi) is 4.02. The standard InChI is InChI=1S/C16H16ClNO2S/c1-10-8-18(9-14(19)20)15(12-6-7-21-16(10)12)11-4-2-3-5-13(11)17/h2-7,10,15H,8-9H2,1H3,(H,19,20)/t10?,15-/m0/s1. The van der Waals surface area contributed by atoms with E-state index in [4.69, 9.17) is 11.6 Å². The molecule has 5 heteroatoms. The Balaban J connectivity index is 2.10. The molecule has 0 saturated carbocycles. The number of hydrogen-bond donors (Lipinski definition) is 1. The largest absolute Gasteiger partial charge is 0.480 e. The number of aliphatic carboxylic acids is 1. The van der Waals surface area contributed by atoms with Crippen molar-refractivity contribution in [1.29, 1.82) is 0 Å². The Labute approximate surface area is 132 Å². The van der Waals surface area contributed by atoms with Crippen LogP contribution in [0.1, 0.15) is 34.9 Å². The van der Waals surface area contributed by atoms with E-state index >= 15 is 0 Å². The number of fused-ring (bicyclic) bond motifs is 1. The zero-order valence-electron chi connectivity index (χ0n) is 11.6. The smallest absolute Gasteiger partial charge is 0.317 e. The number of rotatable bonds is 3. The minimum Gasteiger partial charge on any atom is -0.480 e. The molecule has 1 aliphatic rings.